The molecule has 5 saturated carbocycles. The molecule has 0 unspecified atom stereocenters. The van der Waals surface area contributed by atoms with E-state index in [2.05, 4.69) is 48.5 Å². The fourth-order valence-corrected chi connectivity index (χ4v) is 12.0. The summed E-state index contributed by atoms with van der Waals surface area (Å²) in [5.74, 6) is 2.74. The van der Waals surface area contributed by atoms with E-state index in [1.165, 1.54) is 30.6 Å². The summed E-state index contributed by atoms with van der Waals surface area (Å²) in [6.45, 7) is 17.1. The van der Waals surface area contributed by atoms with Gasteiger partial charge >= 0.3 is 12.1 Å². The molecule has 5 aliphatic carbocycles. The van der Waals surface area contributed by atoms with Gasteiger partial charge in [-0.05, 0) is 121 Å². The number of carbonyl (C=O) groups excluding carboxylic acids is 2. The molecule has 5 heteroatoms. The van der Waals surface area contributed by atoms with Crippen LogP contribution in [0, 0.1) is 62.6 Å². The molecule has 0 saturated heterocycles. The quantitative estimate of drug-likeness (QED) is 0.301. The van der Waals surface area contributed by atoms with Crippen molar-refractivity contribution in [2.24, 2.45) is 62.6 Å². The summed E-state index contributed by atoms with van der Waals surface area (Å²) in [7, 11) is 3.30. The number of fused-ring (bicyclic) bond motifs is 7. The van der Waals surface area contributed by atoms with Crippen molar-refractivity contribution in [2.75, 3.05) is 14.1 Å². The average molecular weight is 530 g/mol. The van der Waals surface area contributed by atoms with Gasteiger partial charge in [0.25, 0.3) is 0 Å². The molecule has 10 atom stereocenters. The third-order valence-corrected chi connectivity index (χ3v) is 14.3. The number of amides is 1. The van der Waals surface area contributed by atoms with Gasteiger partial charge in [-0.2, -0.15) is 0 Å². The highest BCUT2D eigenvalue weighted by molar-refractivity contribution is 5.88. The number of rotatable bonds is 2. The lowest BCUT2D eigenvalue weighted by molar-refractivity contribution is -0.249. The molecular formula is C33H55NO4. The largest absolute Gasteiger partial charge is 0.417 e. The van der Waals surface area contributed by atoms with Gasteiger partial charge in [-0.1, -0.05) is 48.5 Å². The van der Waals surface area contributed by atoms with Crippen LogP contribution in [-0.2, 0) is 9.53 Å². The van der Waals surface area contributed by atoms with E-state index in [0.29, 0.717) is 29.6 Å². The van der Waals surface area contributed by atoms with E-state index in [0.717, 1.165) is 38.5 Å². The van der Waals surface area contributed by atoms with Gasteiger partial charge in [0.05, 0.1) is 11.5 Å². The average Bonchev–Trinajstić information content (AvgIpc) is 3.23. The minimum absolute atomic E-state index is 0.0370. The monoisotopic (exact) mass is 529 g/mol. The SMILES string of the molecule is CC(C)[C@@H]1CC[C@]2(C(=O)OC(=O)N(C)C)CC[C@]3(C)[C@H](CC[C@@H]4[C@@]5(C)CC[C@H](O)C(C)(C)[C@@H]5CC[C@]43C)[C@@H]12. The smallest absolute Gasteiger partial charge is 0.393 e. The second kappa shape index (κ2) is 8.95. The number of aliphatic hydroxyl groups is 1. The zero-order valence-corrected chi connectivity index (χ0v) is 25.7. The van der Waals surface area contributed by atoms with E-state index in [-0.39, 0.29) is 39.7 Å². The van der Waals surface area contributed by atoms with Crippen LogP contribution in [0.5, 0.6) is 0 Å². The molecule has 1 amide bonds. The maximum absolute atomic E-state index is 13.9. The maximum Gasteiger partial charge on any atom is 0.417 e. The number of esters is 1. The van der Waals surface area contributed by atoms with Crippen molar-refractivity contribution >= 4 is 12.1 Å². The lowest BCUT2D eigenvalue weighted by atomic mass is 9.32. The van der Waals surface area contributed by atoms with E-state index >= 15 is 0 Å². The highest BCUT2D eigenvalue weighted by Crippen LogP contribution is 2.77. The summed E-state index contributed by atoms with van der Waals surface area (Å²) < 4.78 is 5.57. The maximum atomic E-state index is 13.9. The van der Waals surface area contributed by atoms with Crippen LogP contribution in [0.4, 0.5) is 4.79 Å². The van der Waals surface area contributed by atoms with Crippen LogP contribution in [0.15, 0.2) is 0 Å². The molecule has 0 aliphatic heterocycles. The van der Waals surface area contributed by atoms with Crippen LogP contribution >= 0.6 is 0 Å². The molecule has 5 fully saturated rings. The number of carbonyl (C=O) groups is 2. The summed E-state index contributed by atoms with van der Waals surface area (Å²) in [5, 5.41) is 11.0. The zero-order valence-electron chi connectivity index (χ0n) is 25.7. The predicted octanol–water partition coefficient (Wildman–Crippen LogP) is 7.31. The van der Waals surface area contributed by atoms with Crippen LogP contribution < -0.4 is 0 Å². The van der Waals surface area contributed by atoms with Gasteiger partial charge in [0, 0.05) is 14.1 Å². The Kier molecular flexibility index (Phi) is 6.70. The second-order valence-electron chi connectivity index (χ2n) is 16.2. The topological polar surface area (TPSA) is 66.8 Å². The number of ether oxygens (including phenoxy) is 1. The molecule has 5 rings (SSSR count). The van der Waals surface area contributed by atoms with Crippen LogP contribution in [0.25, 0.3) is 0 Å². The Bertz CT molecular complexity index is 974. The molecule has 0 aromatic rings. The molecule has 5 nitrogen and oxygen atoms in total. The minimum atomic E-state index is -0.534. The van der Waals surface area contributed by atoms with Crippen molar-refractivity contribution in [3.05, 3.63) is 0 Å². The van der Waals surface area contributed by atoms with Gasteiger partial charge in [0.2, 0.25) is 0 Å². The molecular weight excluding hydrogens is 474 g/mol. The minimum Gasteiger partial charge on any atom is -0.393 e. The first-order chi connectivity index (χ1) is 17.6. The van der Waals surface area contributed by atoms with Crippen LogP contribution in [0.1, 0.15) is 113 Å². The first-order valence-electron chi connectivity index (χ1n) is 15.7. The Balaban J connectivity index is 1.53. The Morgan fingerprint density at radius 2 is 1.50 bits per heavy atom. The van der Waals surface area contributed by atoms with Gasteiger partial charge in [-0.3, -0.25) is 4.79 Å². The van der Waals surface area contributed by atoms with Crippen LogP contribution in [0.3, 0.4) is 0 Å². The van der Waals surface area contributed by atoms with Gasteiger partial charge in [-0.15, -0.1) is 0 Å². The first kappa shape index (κ1) is 28.4. The van der Waals surface area contributed by atoms with Crippen molar-refractivity contribution < 1.29 is 19.4 Å². The van der Waals surface area contributed by atoms with E-state index in [1.54, 1.807) is 14.1 Å². The summed E-state index contributed by atoms with van der Waals surface area (Å²) in [6.07, 6.45) is 9.93. The molecule has 5 aliphatic rings. The first-order valence-corrected chi connectivity index (χ1v) is 15.7. The molecule has 0 heterocycles. The van der Waals surface area contributed by atoms with Gasteiger partial charge in [0.1, 0.15) is 0 Å². The molecule has 0 aromatic heterocycles. The van der Waals surface area contributed by atoms with Crippen molar-refractivity contribution in [2.45, 2.75) is 119 Å². The van der Waals surface area contributed by atoms with E-state index in [9.17, 15) is 14.7 Å². The summed E-state index contributed by atoms with van der Waals surface area (Å²) in [6, 6.07) is 0. The molecule has 0 spiro atoms. The highest BCUT2D eigenvalue weighted by Gasteiger charge is 2.72. The Hall–Kier alpha value is -1.10. The normalized spacial score (nSPS) is 49.3. The lowest BCUT2D eigenvalue weighted by Gasteiger charge is -2.72. The predicted molar refractivity (Wildman–Crippen MR) is 150 cm³/mol. The third kappa shape index (κ3) is 3.58. The molecule has 0 bridgehead atoms. The molecule has 0 aromatic carbocycles. The van der Waals surface area contributed by atoms with Crippen LogP contribution in [-0.4, -0.2) is 42.3 Å². The Morgan fingerprint density at radius 3 is 2.13 bits per heavy atom. The van der Waals surface area contributed by atoms with Crippen molar-refractivity contribution in [3.8, 4) is 0 Å². The highest BCUT2D eigenvalue weighted by atomic mass is 16.6. The number of nitrogens with zero attached hydrogens (tertiary/aromatic N) is 1. The third-order valence-electron chi connectivity index (χ3n) is 14.3. The molecule has 0 radical (unpaired) electrons. The molecule has 38 heavy (non-hydrogen) atoms. The fraction of sp³-hybridized carbons (Fsp3) is 0.939. The van der Waals surface area contributed by atoms with Gasteiger partial charge in [-0.25, -0.2) is 4.79 Å². The van der Waals surface area contributed by atoms with Crippen molar-refractivity contribution in [1.29, 1.82) is 0 Å². The zero-order chi connectivity index (χ0) is 28.1. The van der Waals surface area contributed by atoms with E-state index in [1.807, 2.05) is 0 Å². The summed E-state index contributed by atoms with van der Waals surface area (Å²) in [4.78, 5) is 27.7. The number of aliphatic hydroxyl groups excluding tert-OH is 1. The molecule has 1 N–H and O–H groups in total. The number of hydrogen-bond acceptors (Lipinski definition) is 4. The fourth-order valence-electron chi connectivity index (χ4n) is 12.0. The molecule has 216 valence electrons. The van der Waals surface area contributed by atoms with Crippen molar-refractivity contribution in [1.82, 2.24) is 4.90 Å². The summed E-state index contributed by atoms with van der Waals surface area (Å²) in [5.41, 5.74) is 0.0833. The van der Waals surface area contributed by atoms with Crippen LogP contribution in [0.2, 0.25) is 0 Å². The Morgan fingerprint density at radius 1 is 0.816 bits per heavy atom. The van der Waals surface area contributed by atoms with Gasteiger partial charge < -0.3 is 14.7 Å². The number of hydrogen-bond donors (Lipinski definition) is 1. The summed E-state index contributed by atoms with van der Waals surface area (Å²) >= 11 is 0. The van der Waals surface area contributed by atoms with Crippen molar-refractivity contribution in [3.63, 3.8) is 0 Å². The second-order valence-corrected chi connectivity index (χ2v) is 16.2. The standard InChI is InChI=1S/C33H55NO4/c1-20(2)21-12-17-33(27(36)38-28(37)34(8)9)19-18-31(6)22(26(21)33)10-11-24-30(5)15-14-25(35)29(3,4)23(30)13-16-32(24,31)7/h20-26,35H,10-19H2,1-9H3/t21-,22+,23-,24+,25-,26+,30-,31+,32+,33-/m0/s1. The van der Waals surface area contributed by atoms with E-state index < -0.39 is 11.5 Å². The lowest BCUT2D eigenvalue weighted by Crippen LogP contribution is -2.67. The van der Waals surface area contributed by atoms with Gasteiger partial charge in [0.15, 0.2) is 0 Å². The van der Waals surface area contributed by atoms with E-state index in [4.69, 9.17) is 4.74 Å². The Labute approximate surface area is 231 Å².